The van der Waals surface area contributed by atoms with E-state index in [-0.39, 0.29) is 6.03 Å². The van der Waals surface area contributed by atoms with Gasteiger partial charge in [-0.25, -0.2) is 4.79 Å². The van der Waals surface area contributed by atoms with Crippen molar-refractivity contribution >= 4 is 27.6 Å². The molecule has 2 rings (SSSR count). The van der Waals surface area contributed by atoms with Gasteiger partial charge in [-0.05, 0) is 53.7 Å². The minimum Gasteiger partial charge on any atom is -0.329 e. The first kappa shape index (κ1) is 11.5. The normalized spacial score (nSPS) is 16.1. The van der Waals surface area contributed by atoms with Gasteiger partial charge in [0.2, 0.25) is 0 Å². The number of anilines is 1. The summed E-state index contributed by atoms with van der Waals surface area (Å²) in [5.74, 6) is 0. The number of benzene rings is 1. The van der Waals surface area contributed by atoms with E-state index >= 15 is 0 Å². The third-order valence-electron chi connectivity index (χ3n) is 2.04. The molecule has 1 fully saturated rings. The Labute approximate surface area is 104 Å². The van der Waals surface area contributed by atoms with E-state index < -0.39 is 0 Å². The van der Waals surface area contributed by atoms with Gasteiger partial charge in [-0.3, -0.25) is 0 Å². The van der Waals surface area contributed by atoms with Gasteiger partial charge in [-0.2, -0.15) is 0 Å². The average Bonchev–Trinajstić information content (AvgIpc) is 2.74. The minimum absolute atomic E-state index is 0.252. The summed E-state index contributed by atoms with van der Waals surface area (Å²) in [5, 5.41) is 5.48. The second-order valence-corrected chi connectivity index (χ2v) is 4.09. The highest BCUT2D eigenvalue weighted by Crippen LogP contribution is 2.22. The second kappa shape index (κ2) is 5.34. The van der Waals surface area contributed by atoms with Crippen LogP contribution in [0.3, 0.4) is 0 Å². The van der Waals surface area contributed by atoms with E-state index in [0.29, 0.717) is 0 Å². The molecule has 0 aromatic heterocycles. The Bertz CT molecular complexity index is 375. The number of para-hydroxylation sites is 1. The quantitative estimate of drug-likeness (QED) is 0.858. The number of carbonyl (C=O) groups is 1. The Morgan fingerprint density at radius 2 is 1.75 bits per heavy atom. The SMILES string of the molecule is O=C(N[C]1[CH][CH][CH][CH]1)Nc1ccccc1Br. The van der Waals surface area contributed by atoms with Crippen LogP contribution in [0.2, 0.25) is 0 Å². The van der Waals surface area contributed by atoms with Crippen LogP contribution in [-0.4, -0.2) is 6.03 Å². The maximum absolute atomic E-state index is 11.6. The van der Waals surface area contributed by atoms with Crippen molar-refractivity contribution in [2.45, 2.75) is 0 Å². The highest BCUT2D eigenvalue weighted by molar-refractivity contribution is 9.10. The number of hydrogen-bond acceptors (Lipinski definition) is 1. The molecule has 1 aromatic rings. The molecule has 3 nitrogen and oxygen atoms in total. The monoisotopic (exact) mass is 277 g/mol. The molecule has 2 amide bonds. The van der Waals surface area contributed by atoms with E-state index in [4.69, 9.17) is 0 Å². The Morgan fingerprint density at radius 3 is 2.44 bits per heavy atom. The molecule has 1 saturated carbocycles. The van der Waals surface area contributed by atoms with E-state index in [1.807, 2.05) is 49.9 Å². The van der Waals surface area contributed by atoms with Crippen LogP contribution in [-0.2, 0) is 0 Å². The number of hydrogen-bond donors (Lipinski definition) is 2. The average molecular weight is 278 g/mol. The summed E-state index contributed by atoms with van der Waals surface area (Å²) in [6, 6.07) is 7.99. The van der Waals surface area contributed by atoms with Crippen molar-refractivity contribution in [1.29, 1.82) is 0 Å². The van der Waals surface area contributed by atoms with Crippen molar-refractivity contribution in [3.8, 4) is 0 Å². The summed E-state index contributed by atoms with van der Waals surface area (Å²) in [6.07, 6.45) is 7.40. The summed E-state index contributed by atoms with van der Waals surface area (Å²) in [5.41, 5.74) is 0.742. The van der Waals surface area contributed by atoms with Gasteiger partial charge in [-0.1, -0.05) is 12.1 Å². The van der Waals surface area contributed by atoms with Gasteiger partial charge < -0.3 is 10.6 Å². The van der Waals surface area contributed by atoms with E-state index in [2.05, 4.69) is 26.6 Å². The topological polar surface area (TPSA) is 41.1 Å². The van der Waals surface area contributed by atoms with Crippen LogP contribution >= 0.6 is 15.9 Å². The molecule has 81 valence electrons. The van der Waals surface area contributed by atoms with Crippen LogP contribution in [0.15, 0.2) is 28.7 Å². The lowest BCUT2D eigenvalue weighted by Crippen LogP contribution is -2.31. The van der Waals surface area contributed by atoms with Gasteiger partial charge in [0.25, 0.3) is 0 Å². The third kappa shape index (κ3) is 2.98. The Morgan fingerprint density at radius 1 is 1.06 bits per heavy atom. The van der Waals surface area contributed by atoms with Crippen molar-refractivity contribution in [1.82, 2.24) is 5.32 Å². The zero-order valence-corrected chi connectivity index (χ0v) is 9.99. The number of carbonyl (C=O) groups excluding carboxylic acids is 1. The molecular formula is C12H10BrN2O. The minimum atomic E-state index is -0.252. The van der Waals surface area contributed by atoms with Crippen molar-refractivity contribution in [3.05, 3.63) is 60.5 Å². The zero-order valence-electron chi connectivity index (χ0n) is 8.41. The third-order valence-corrected chi connectivity index (χ3v) is 2.73. The van der Waals surface area contributed by atoms with Crippen LogP contribution in [0.4, 0.5) is 10.5 Å². The first-order valence-electron chi connectivity index (χ1n) is 4.80. The number of halogens is 1. The largest absolute Gasteiger partial charge is 0.329 e. The lowest BCUT2D eigenvalue weighted by atomic mass is 10.2. The lowest BCUT2D eigenvalue weighted by Gasteiger charge is -2.12. The van der Waals surface area contributed by atoms with Crippen molar-refractivity contribution in [2.75, 3.05) is 5.32 Å². The Balaban J connectivity index is 1.89. The molecule has 5 radical (unpaired) electrons. The van der Waals surface area contributed by atoms with Gasteiger partial charge in [0.15, 0.2) is 0 Å². The fourth-order valence-corrected chi connectivity index (χ4v) is 1.69. The van der Waals surface area contributed by atoms with Crippen molar-refractivity contribution < 1.29 is 4.79 Å². The predicted molar refractivity (Wildman–Crippen MR) is 66.7 cm³/mol. The smallest absolute Gasteiger partial charge is 0.319 e. The summed E-state index contributed by atoms with van der Waals surface area (Å²) >= 11 is 3.36. The molecule has 1 aliphatic rings. The fraction of sp³-hybridized carbons (Fsp3) is 0. The molecule has 2 N–H and O–H groups in total. The summed E-state index contributed by atoms with van der Waals surface area (Å²) in [4.78, 5) is 11.6. The predicted octanol–water partition coefficient (Wildman–Crippen LogP) is 2.93. The lowest BCUT2D eigenvalue weighted by molar-refractivity contribution is 0.253. The Kier molecular flexibility index (Phi) is 3.83. The molecule has 1 aromatic carbocycles. The molecule has 0 spiro atoms. The van der Waals surface area contributed by atoms with Gasteiger partial charge >= 0.3 is 6.03 Å². The van der Waals surface area contributed by atoms with E-state index in [9.17, 15) is 4.79 Å². The molecule has 0 atom stereocenters. The molecule has 0 aliphatic heterocycles. The maximum Gasteiger partial charge on any atom is 0.319 e. The maximum atomic E-state index is 11.6. The number of nitrogens with one attached hydrogen (secondary N) is 2. The first-order valence-corrected chi connectivity index (χ1v) is 5.59. The van der Waals surface area contributed by atoms with E-state index in [1.165, 1.54) is 0 Å². The molecular weight excluding hydrogens is 268 g/mol. The zero-order chi connectivity index (χ0) is 11.4. The van der Waals surface area contributed by atoms with Gasteiger partial charge in [0.05, 0.1) is 11.7 Å². The summed E-state index contributed by atoms with van der Waals surface area (Å²) in [7, 11) is 0. The second-order valence-electron chi connectivity index (χ2n) is 3.23. The fourth-order valence-electron chi connectivity index (χ4n) is 1.30. The Hall–Kier alpha value is -1.03. The highest BCUT2D eigenvalue weighted by atomic mass is 79.9. The van der Waals surface area contributed by atoms with Gasteiger partial charge in [0.1, 0.15) is 0 Å². The molecule has 0 heterocycles. The van der Waals surface area contributed by atoms with Crippen LogP contribution in [0, 0.1) is 31.7 Å². The van der Waals surface area contributed by atoms with E-state index in [1.54, 1.807) is 0 Å². The molecule has 0 bridgehead atoms. The number of urea groups is 1. The standard InChI is InChI=1S/C12H10BrN2O/c13-10-7-3-4-8-11(10)15-12(16)14-9-5-1-2-6-9/h1-8H,(H2,14,15,16). The summed E-state index contributed by atoms with van der Waals surface area (Å²) in [6.45, 7) is 0. The van der Waals surface area contributed by atoms with Gasteiger partial charge in [-0.15, -0.1) is 0 Å². The van der Waals surface area contributed by atoms with Crippen molar-refractivity contribution in [2.24, 2.45) is 0 Å². The number of amides is 2. The number of rotatable bonds is 2. The first-order chi connectivity index (χ1) is 7.75. The van der Waals surface area contributed by atoms with Crippen LogP contribution in [0.1, 0.15) is 0 Å². The van der Waals surface area contributed by atoms with Crippen LogP contribution in [0.5, 0.6) is 0 Å². The van der Waals surface area contributed by atoms with E-state index in [0.717, 1.165) is 16.2 Å². The summed E-state index contributed by atoms with van der Waals surface area (Å²) < 4.78 is 0.854. The molecule has 16 heavy (non-hydrogen) atoms. The highest BCUT2D eigenvalue weighted by Gasteiger charge is 2.19. The molecule has 4 heteroatoms. The molecule has 1 aliphatic carbocycles. The van der Waals surface area contributed by atoms with Gasteiger partial charge in [0, 0.05) is 4.47 Å². The van der Waals surface area contributed by atoms with Crippen LogP contribution < -0.4 is 10.6 Å². The molecule has 0 unspecified atom stereocenters. The van der Waals surface area contributed by atoms with Crippen molar-refractivity contribution in [3.63, 3.8) is 0 Å². The van der Waals surface area contributed by atoms with Crippen LogP contribution in [0.25, 0.3) is 0 Å². The molecule has 0 saturated heterocycles.